The van der Waals surface area contributed by atoms with Gasteiger partial charge in [-0.1, -0.05) is 18.2 Å². The Labute approximate surface area is 171 Å². The average molecular weight is 408 g/mol. The molecule has 7 heteroatoms. The number of halogens is 2. The minimum absolute atomic E-state index is 0.108. The van der Waals surface area contributed by atoms with Crippen molar-refractivity contribution in [2.45, 2.75) is 13.1 Å². The Hall–Kier alpha value is -3.74. The smallest absolute Gasteiger partial charge is 0.261 e. The molecule has 4 rings (SSSR count). The fraction of sp³-hybridized carbons (Fsp3) is 0.130. The zero-order chi connectivity index (χ0) is 21.1. The van der Waals surface area contributed by atoms with Gasteiger partial charge in [0.2, 0.25) is 0 Å². The number of nitrogens with zero attached hydrogens (tertiary/aromatic N) is 1. The molecule has 0 saturated carbocycles. The lowest BCUT2D eigenvalue weighted by atomic mass is 10.1. The molecule has 1 aliphatic rings. The number of benzene rings is 3. The van der Waals surface area contributed by atoms with E-state index < -0.39 is 11.7 Å². The van der Waals surface area contributed by atoms with Gasteiger partial charge in [0, 0.05) is 29.9 Å². The number of amides is 2. The lowest BCUT2D eigenvalue weighted by Gasteiger charge is -2.20. The van der Waals surface area contributed by atoms with E-state index >= 15 is 0 Å². The van der Waals surface area contributed by atoms with E-state index in [1.165, 1.54) is 30.3 Å². The number of rotatable bonds is 4. The molecule has 0 radical (unpaired) electrons. The number of carbonyl (C=O) groups excluding carboxylic acids is 2. The van der Waals surface area contributed by atoms with Crippen molar-refractivity contribution in [2.75, 3.05) is 11.9 Å². The van der Waals surface area contributed by atoms with E-state index in [9.17, 15) is 18.4 Å². The number of hydrogen-bond donors (Lipinski definition) is 1. The molecule has 3 aromatic rings. The first kappa shape index (κ1) is 19.6. The van der Waals surface area contributed by atoms with Crippen LogP contribution in [0.25, 0.3) is 0 Å². The third-order valence-electron chi connectivity index (χ3n) is 4.76. The maximum absolute atomic E-state index is 13.4. The van der Waals surface area contributed by atoms with Gasteiger partial charge in [-0.3, -0.25) is 9.59 Å². The summed E-state index contributed by atoms with van der Waals surface area (Å²) >= 11 is 0. The fourth-order valence-corrected chi connectivity index (χ4v) is 3.23. The van der Waals surface area contributed by atoms with Crippen LogP contribution in [-0.4, -0.2) is 23.3 Å². The van der Waals surface area contributed by atoms with E-state index in [1.54, 1.807) is 35.2 Å². The number of nitrogens with one attached hydrogen (secondary N) is 1. The zero-order valence-electron chi connectivity index (χ0n) is 15.9. The molecule has 1 heterocycles. The van der Waals surface area contributed by atoms with Gasteiger partial charge in [0.25, 0.3) is 11.8 Å². The van der Waals surface area contributed by atoms with Gasteiger partial charge in [-0.15, -0.1) is 0 Å². The van der Waals surface area contributed by atoms with Gasteiger partial charge in [-0.2, -0.15) is 0 Å². The first-order chi connectivity index (χ1) is 14.5. The second-order valence-corrected chi connectivity index (χ2v) is 6.95. The Morgan fingerprint density at radius 3 is 2.57 bits per heavy atom. The molecule has 152 valence electrons. The van der Waals surface area contributed by atoms with E-state index in [0.29, 0.717) is 18.0 Å². The summed E-state index contributed by atoms with van der Waals surface area (Å²) in [5.74, 6) is -0.918. The topological polar surface area (TPSA) is 58.6 Å². The summed E-state index contributed by atoms with van der Waals surface area (Å²) in [7, 11) is 0. The summed E-state index contributed by atoms with van der Waals surface area (Å²) < 4.78 is 32.1. The Balaban J connectivity index is 1.53. The Bertz CT molecular complexity index is 1100. The van der Waals surface area contributed by atoms with Gasteiger partial charge in [0.15, 0.2) is 6.61 Å². The molecule has 0 unspecified atom stereocenters. The standard InChI is InChI=1S/C23H18F2N2O3/c24-18-6-4-15(5-7-18)12-27-13-17-11-20(8-9-21(17)30-14-22(27)28)26-23(29)16-2-1-3-19(25)10-16/h1-11H,12-14H2,(H,26,29). The second kappa shape index (κ2) is 8.32. The molecule has 0 aliphatic carbocycles. The highest BCUT2D eigenvalue weighted by molar-refractivity contribution is 6.04. The predicted molar refractivity (Wildman–Crippen MR) is 107 cm³/mol. The maximum atomic E-state index is 13.4. The Morgan fingerprint density at radius 1 is 1.00 bits per heavy atom. The van der Waals surface area contributed by atoms with E-state index in [-0.39, 0.29) is 30.4 Å². The van der Waals surface area contributed by atoms with Gasteiger partial charge in [-0.05, 0) is 54.1 Å². The molecule has 5 nitrogen and oxygen atoms in total. The first-order valence-corrected chi connectivity index (χ1v) is 9.33. The molecule has 3 aromatic carbocycles. The largest absolute Gasteiger partial charge is 0.483 e. The monoisotopic (exact) mass is 408 g/mol. The summed E-state index contributed by atoms with van der Waals surface area (Å²) in [6.07, 6.45) is 0. The van der Waals surface area contributed by atoms with Crippen LogP contribution >= 0.6 is 0 Å². The second-order valence-electron chi connectivity index (χ2n) is 6.95. The van der Waals surface area contributed by atoms with Crippen molar-refractivity contribution in [3.63, 3.8) is 0 Å². The van der Waals surface area contributed by atoms with E-state index in [4.69, 9.17) is 4.74 Å². The summed E-state index contributed by atoms with van der Waals surface area (Å²) in [6, 6.07) is 16.4. The first-order valence-electron chi connectivity index (χ1n) is 9.33. The normalized spacial score (nSPS) is 13.3. The molecular formula is C23H18F2N2O3. The van der Waals surface area contributed by atoms with Crippen molar-refractivity contribution in [1.29, 1.82) is 0 Å². The molecule has 0 bridgehead atoms. The summed E-state index contributed by atoms with van der Waals surface area (Å²) in [6.45, 7) is 0.472. The number of anilines is 1. The van der Waals surface area contributed by atoms with Gasteiger partial charge >= 0.3 is 0 Å². The highest BCUT2D eigenvalue weighted by Gasteiger charge is 2.22. The summed E-state index contributed by atoms with van der Waals surface area (Å²) in [5, 5.41) is 2.73. The Kier molecular flexibility index (Phi) is 5.43. The van der Waals surface area contributed by atoms with Crippen LogP contribution in [0.1, 0.15) is 21.5 Å². The van der Waals surface area contributed by atoms with Crippen LogP contribution in [0, 0.1) is 11.6 Å². The third kappa shape index (κ3) is 4.46. The summed E-state index contributed by atoms with van der Waals surface area (Å²) in [5.41, 5.74) is 2.22. The highest BCUT2D eigenvalue weighted by atomic mass is 19.1. The van der Waals surface area contributed by atoms with Crippen LogP contribution in [0.5, 0.6) is 5.75 Å². The van der Waals surface area contributed by atoms with Crippen LogP contribution in [0.15, 0.2) is 66.7 Å². The summed E-state index contributed by atoms with van der Waals surface area (Å²) in [4.78, 5) is 26.4. The minimum Gasteiger partial charge on any atom is -0.483 e. The molecule has 30 heavy (non-hydrogen) atoms. The van der Waals surface area contributed by atoms with Crippen molar-refractivity contribution < 1.29 is 23.1 Å². The van der Waals surface area contributed by atoms with Crippen molar-refractivity contribution in [3.8, 4) is 5.75 Å². The molecular weight excluding hydrogens is 390 g/mol. The predicted octanol–water partition coefficient (Wildman–Crippen LogP) is 4.14. The van der Waals surface area contributed by atoms with Crippen LogP contribution in [0.2, 0.25) is 0 Å². The van der Waals surface area contributed by atoms with Crippen LogP contribution < -0.4 is 10.1 Å². The lowest BCUT2D eigenvalue weighted by molar-refractivity contribution is -0.133. The third-order valence-corrected chi connectivity index (χ3v) is 4.76. The number of fused-ring (bicyclic) bond motifs is 1. The number of hydrogen-bond acceptors (Lipinski definition) is 3. The van der Waals surface area contributed by atoms with Crippen molar-refractivity contribution in [2.24, 2.45) is 0 Å². The van der Waals surface area contributed by atoms with Gasteiger partial charge in [-0.25, -0.2) is 8.78 Å². The molecule has 0 fully saturated rings. The number of carbonyl (C=O) groups is 2. The average Bonchev–Trinajstić information content (AvgIpc) is 2.88. The molecule has 1 aliphatic heterocycles. The SMILES string of the molecule is O=C(Nc1ccc2c(c1)CN(Cc1ccc(F)cc1)C(=O)CO2)c1cccc(F)c1. The van der Waals surface area contributed by atoms with Crippen molar-refractivity contribution in [1.82, 2.24) is 4.90 Å². The number of ether oxygens (including phenoxy) is 1. The molecule has 1 N–H and O–H groups in total. The molecule has 2 amide bonds. The quantitative estimate of drug-likeness (QED) is 0.706. The van der Waals surface area contributed by atoms with Crippen molar-refractivity contribution >= 4 is 17.5 Å². The lowest BCUT2D eigenvalue weighted by Crippen LogP contribution is -2.31. The van der Waals surface area contributed by atoms with Crippen LogP contribution in [0.4, 0.5) is 14.5 Å². The molecule has 0 saturated heterocycles. The molecule has 0 atom stereocenters. The van der Waals surface area contributed by atoms with Crippen LogP contribution in [0.3, 0.4) is 0 Å². The Morgan fingerprint density at radius 2 is 1.80 bits per heavy atom. The van der Waals surface area contributed by atoms with E-state index in [0.717, 1.165) is 17.2 Å². The maximum Gasteiger partial charge on any atom is 0.261 e. The van der Waals surface area contributed by atoms with Crippen LogP contribution in [-0.2, 0) is 17.9 Å². The molecule has 0 spiro atoms. The van der Waals surface area contributed by atoms with Gasteiger partial charge < -0.3 is 15.0 Å². The van der Waals surface area contributed by atoms with Gasteiger partial charge in [0.1, 0.15) is 17.4 Å². The fourth-order valence-electron chi connectivity index (χ4n) is 3.23. The molecule has 0 aromatic heterocycles. The highest BCUT2D eigenvalue weighted by Crippen LogP contribution is 2.28. The van der Waals surface area contributed by atoms with Gasteiger partial charge in [0.05, 0.1) is 0 Å². The minimum atomic E-state index is -0.493. The zero-order valence-corrected chi connectivity index (χ0v) is 15.9. The van der Waals surface area contributed by atoms with E-state index in [1.807, 2.05) is 0 Å². The van der Waals surface area contributed by atoms with E-state index in [2.05, 4.69) is 5.32 Å². The van der Waals surface area contributed by atoms with Crippen molar-refractivity contribution in [3.05, 3.63) is 95.1 Å².